The van der Waals surface area contributed by atoms with Crippen molar-refractivity contribution in [2.75, 3.05) is 10.6 Å². The molecule has 0 spiro atoms. The number of nitrogens with one attached hydrogen (secondary N) is 2. The minimum Gasteiger partial charge on any atom is -0.340 e. The van der Waals surface area contributed by atoms with Gasteiger partial charge in [-0.05, 0) is 53.4 Å². The molecule has 1 heterocycles. The van der Waals surface area contributed by atoms with E-state index in [4.69, 9.17) is 5.26 Å². The van der Waals surface area contributed by atoms with E-state index in [0.29, 0.717) is 16.9 Å². The maximum absolute atomic E-state index is 12.6. The van der Waals surface area contributed by atoms with Gasteiger partial charge in [0.2, 0.25) is 0 Å². The molecule has 3 aromatic rings. The molecule has 5 nitrogen and oxygen atoms in total. The maximum Gasteiger partial charge on any atom is 0.257 e. The number of carbonyl (C=O) groups is 1. The first-order chi connectivity index (χ1) is 13.4. The zero-order valence-electron chi connectivity index (χ0n) is 16.2. The number of para-hydroxylation sites is 1. The van der Waals surface area contributed by atoms with Gasteiger partial charge in [0.25, 0.3) is 5.91 Å². The topological polar surface area (TPSA) is 77.8 Å². The van der Waals surface area contributed by atoms with Crippen molar-refractivity contribution < 1.29 is 4.79 Å². The van der Waals surface area contributed by atoms with E-state index in [1.807, 2.05) is 36.4 Å². The number of rotatable bonds is 4. The number of carbonyl (C=O) groups excluding carboxylic acids is 1. The monoisotopic (exact) mass is 370 g/mol. The van der Waals surface area contributed by atoms with Gasteiger partial charge in [0, 0.05) is 17.6 Å². The summed E-state index contributed by atoms with van der Waals surface area (Å²) in [5.41, 5.74) is 3.71. The molecular weight excluding hydrogens is 348 g/mol. The predicted molar refractivity (Wildman–Crippen MR) is 112 cm³/mol. The molecule has 0 unspecified atom stereocenters. The van der Waals surface area contributed by atoms with Crippen LogP contribution < -0.4 is 10.6 Å². The Labute approximate surface area is 165 Å². The van der Waals surface area contributed by atoms with Crippen LogP contribution in [-0.2, 0) is 5.41 Å². The highest BCUT2D eigenvalue weighted by molar-refractivity contribution is 6.04. The molecule has 3 rings (SSSR count). The Morgan fingerprint density at radius 3 is 2.32 bits per heavy atom. The van der Waals surface area contributed by atoms with Crippen LogP contribution in [0.5, 0.6) is 0 Å². The van der Waals surface area contributed by atoms with E-state index in [9.17, 15) is 4.79 Å². The number of benzene rings is 2. The largest absolute Gasteiger partial charge is 0.340 e. The number of aromatic nitrogens is 1. The van der Waals surface area contributed by atoms with E-state index in [-0.39, 0.29) is 11.3 Å². The summed E-state index contributed by atoms with van der Waals surface area (Å²) >= 11 is 0. The number of anilines is 3. The zero-order valence-corrected chi connectivity index (χ0v) is 16.2. The third kappa shape index (κ3) is 4.54. The fourth-order valence-corrected chi connectivity index (χ4v) is 2.82. The molecule has 0 saturated heterocycles. The summed E-state index contributed by atoms with van der Waals surface area (Å²) in [5.74, 6) is 0.422. The fraction of sp³-hybridized carbons (Fsp3) is 0.174. The van der Waals surface area contributed by atoms with Gasteiger partial charge >= 0.3 is 0 Å². The molecule has 0 aliphatic heterocycles. The van der Waals surface area contributed by atoms with Gasteiger partial charge in [0.15, 0.2) is 0 Å². The zero-order chi connectivity index (χ0) is 20.1. The minimum atomic E-state index is -0.200. The predicted octanol–water partition coefficient (Wildman–Crippen LogP) is 5.25. The Morgan fingerprint density at radius 2 is 1.71 bits per heavy atom. The number of amides is 1. The highest BCUT2D eigenvalue weighted by atomic mass is 16.1. The van der Waals surface area contributed by atoms with Gasteiger partial charge in [0.05, 0.1) is 17.2 Å². The molecule has 0 aliphatic rings. The van der Waals surface area contributed by atoms with Crippen molar-refractivity contribution in [3.8, 4) is 6.07 Å². The van der Waals surface area contributed by atoms with Crippen LogP contribution in [0.2, 0.25) is 0 Å². The molecule has 1 amide bonds. The van der Waals surface area contributed by atoms with Crippen molar-refractivity contribution in [2.24, 2.45) is 0 Å². The normalized spacial score (nSPS) is 10.8. The SMILES string of the molecule is CC(C)(C)c1ccccc1NC(=O)c1ccc(Nc2ccc(C#N)cc2)nc1. The Bertz CT molecular complexity index is 1010. The summed E-state index contributed by atoms with van der Waals surface area (Å²) in [6.45, 7) is 6.34. The molecular formula is C23H22N4O. The van der Waals surface area contributed by atoms with E-state index < -0.39 is 0 Å². The van der Waals surface area contributed by atoms with Gasteiger partial charge in [0.1, 0.15) is 5.82 Å². The third-order valence-electron chi connectivity index (χ3n) is 4.30. The second-order valence-corrected chi connectivity index (χ2v) is 7.50. The standard InChI is InChI=1S/C23H22N4O/c1-23(2,3)19-6-4-5-7-20(19)27-22(28)17-10-13-21(25-15-17)26-18-11-8-16(14-24)9-12-18/h4-13,15H,1-3H3,(H,25,26)(H,27,28). The Hall–Kier alpha value is -3.65. The maximum atomic E-state index is 12.6. The average molecular weight is 370 g/mol. The molecule has 28 heavy (non-hydrogen) atoms. The van der Waals surface area contributed by atoms with Crippen molar-refractivity contribution in [3.63, 3.8) is 0 Å². The van der Waals surface area contributed by atoms with Gasteiger partial charge in [-0.2, -0.15) is 5.26 Å². The Balaban J connectivity index is 1.71. The van der Waals surface area contributed by atoms with Gasteiger partial charge in [-0.25, -0.2) is 4.98 Å². The fourth-order valence-electron chi connectivity index (χ4n) is 2.82. The van der Waals surface area contributed by atoms with Gasteiger partial charge < -0.3 is 10.6 Å². The summed E-state index contributed by atoms with van der Waals surface area (Å²) in [4.78, 5) is 16.9. The van der Waals surface area contributed by atoms with Crippen LogP contribution in [-0.4, -0.2) is 10.9 Å². The molecule has 0 atom stereocenters. The molecule has 0 radical (unpaired) electrons. The van der Waals surface area contributed by atoms with E-state index in [0.717, 1.165) is 16.9 Å². The van der Waals surface area contributed by atoms with Crippen molar-refractivity contribution in [2.45, 2.75) is 26.2 Å². The summed E-state index contributed by atoms with van der Waals surface area (Å²) in [6, 6.07) is 20.5. The number of nitriles is 1. The van der Waals surface area contributed by atoms with E-state index >= 15 is 0 Å². The molecule has 0 aliphatic carbocycles. The molecule has 1 aromatic heterocycles. The van der Waals surface area contributed by atoms with Gasteiger partial charge in [-0.15, -0.1) is 0 Å². The summed E-state index contributed by atoms with van der Waals surface area (Å²) in [7, 11) is 0. The smallest absolute Gasteiger partial charge is 0.257 e. The lowest BCUT2D eigenvalue weighted by Gasteiger charge is -2.23. The third-order valence-corrected chi connectivity index (χ3v) is 4.30. The Kier molecular flexibility index (Phi) is 5.42. The van der Waals surface area contributed by atoms with Crippen molar-refractivity contribution in [1.29, 1.82) is 5.26 Å². The Morgan fingerprint density at radius 1 is 1.00 bits per heavy atom. The lowest BCUT2D eigenvalue weighted by atomic mass is 9.86. The first-order valence-electron chi connectivity index (χ1n) is 9.01. The van der Waals surface area contributed by atoms with Crippen LogP contribution in [0.25, 0.3) is 0 Å². The van der Waals surface area contributed by atoms with Crippen LogP contribution in [0.3, 0.4) is 0 Å². The highest BCUT2D eigenvalue weighted by Gasteiger charge is 2.19. The molecule has 0 saturated carbocycles. The first kappa shape index (κ1) is 19.1. The van der Waals surface area contributed by atoms with Crippen LogP contribution >= 0.6 is 0 Å². The molecule has 2 aromatic carbocycles. The highest BCUT2D eigenvalue weighted by Crippen LogP contribution is 2.29. The minimum absolute atomic E-state index is 0.0724. The number of hydrogen-bond donors (Lipinski definition) is 2. The van der Waals surface area contributed by atoms with E-state index in [1.165, 1.54) is 0 Å². The lowest BCUT2D eigenvalue weighted by Crippen LogP contribution is -2.18. The van der Waals surface area contributed by atoms with Gasteiger partial charge in [-0.3, -0.25) is 4.79 Å². The molecule has 2 N–H and O–H groups in total. The molecule has 0 fully saturated rings. The molecule has 140 valence electrons. The molecule has 5 heteroatoms. The van der Waals surface area contributed by atoms with Crippen LogP contribution in [0.1, 0.15) is 42.3 Å². The van der Waals surface area contributed by atoms with Crippen molar-refractivity contribution in [1.82, 2.24) is 4.98 Å². The number of nitrogens with zero attached hydrogens (tertiary/aromatic N) is 2. The number of pyridine rings is 1. The average Bonchev–Trinajstić information content (AvgIpc) is 2.69. The van der Waals surface area contributed by atoms with E-state index in [2.05, 4.69) is 42.5 Å². The summed E-state index contributed by atoms with van der Waals surface area (Å²) in [6.07, 6.45) is 1.54. The van der Waals surface area contributed by atoms with E-state index in [1.54, 1.807) is 30.5 Å². The first-order valence-corrected chi connectivity index (χ1v) is 9.01. The summed E-state index contributed by atoms with van der Waals surface area (Å²) < 4.78 is 0. The molecule has 0 bridgehead atoms. The van der Waals surface area contributed by atoms with Gasteiger partial charge in [-0.1, -0.05) is 39.0 Å². The second-order valence-electron chi connectivity index (χ2n) is 7.50. The summed E-state index contributed by atoms with van der Waals surface area (Å²) in [5, 5.41) is 15.0. The quantitative estimate of drug-likeness (QED) is 0.658. The number of hydrogen-bond acceptors (Lipinski definition) is 4. The lowest BCUT2D eigenvalue weighted by molar-refractivity contribution is 0.102. The van der Waals surface area contributed by atoms with Crippen LogP contribution in [0.4, 0.5) is 17.2 Å². The second kappa shape index (κ2) is 7.93. The van der Waals surface area contributed by atoms with Crippen LogP contribution in [0.15, 0.2) is 66.9 Å². The van der Waals surface area contributed by atoms with Crippen molar-refractivity contribution >= 4 is 23.1 Å². The van der Waals surface area contributed by atoms with Crippen molar-refractivity contribution in [3.05, 3.63) is 83.6 Å². The van der Waals surface area contributed by atoms with Crippen LogP contribution in [0, 0.1) is 11.3 Å².